The molecule has 1 amide bonds. The van der Waals surface area contributed by atoms with E-state index in [0.717, 1.165) is 0 Å². The molecule has 0 aromatic heterocycles. The van der Waals surface area contributed by atoms with Crippen LogP contribution in [0, 0.1) is 0 Å². The van der Waals surface area contributed by atoms with Crippen molar-refractivity contribution in [3.8, 4) is 0 Å². The van der Waals surface area contributed by atoms with Gasteiger partial charge in [-0.3, -0.25) is 0 Å². The van der Waals surface area contributed by atoms with Crippen LogP contribution in [0.2, 0.25) is 0 Å². The van der Waals surface area contributed by atoms with Crippen LogP contribution in [-0.4, -0.2) is 53.6 Å². The molecule has 1 saturated heterocycles. The summed E-state index contributed by atoms with van der Waals surface area (Å²) >= 11 is 0. The highest BCUT2D eigenvalue weighted by Crippen LogP contribution is 2.26. The van der Waals surface area contributed by atoms with Crippen LogP contribution in [0.25, 0.3) is 0 Å². The summed E-state index contributed by atoms with van der Waals surface area (Å²) in [5.41, 5.74) is -1.10. The third kappa shape index (κ3) is 3.85. The summed E-state index contributed by atoms with van der Waals surface area (Å²) < 4.78 is 10.8. The molecule has 5 nitrogen and oxygen atoms in total. The molecule has 17 heavy (non-hydrogen) atoms. The maximum atomic E-state index is 11.8. The molecule has 1 N–H and O–H groups in total. The van der Waals surface area contributed by atoms with Gasteiger partial charge in [-0.2, -0.15) is 0 Å². The van der Waals surface area contributed by atoms with Crippen molar-refractivity contribution in [3.05, 3.63) is 0 Å². The summed E-state index contributed by atoms with van der Waals surface area (Å²) in [4.78, 5) is 13.4. The minimum atomic E-state index is -0.606. The third-order valence-electron chi connectivity index (χ3n) is 2.71. The Morgan fingerprint density at radius 1 is 1.47 bits per heavy atom. The maximum absolute atomic E-state index is 11.8. The Balaban J connectivity index is 2.57. The number of rotatable bonds is 3. The van der Waals surface area contributed by atoms with Crippen molar-refractivity contribution in [1.29, 1.82) is 0 Å². The van der Waals surface area contributed by atoms with Crippen LogP contribution < -0.4 is 0 Å². The highest BCUT2D eigenvalue weighted by Gasteiger charge is 2.41. The normalized spacial score (nSPS) is 25.1. The smallest absolute Gasteiger partial charge is 0.410 e. The first-order chi connectivity index (χ1) is 7.82. The van der Waals surface area contributed by atoms with Crippen LogP contribution in [0.1, 0.15) is 34.1 Å². The van der Waals surface area contributed by atoms with Gasteiger partial charge >= 0.3 is 6.09 Å². The SMILES string of the molecule is CCOC1(CO)CCN(C(=O)OC(C)(C)C)C1. The minimum Gasteiger partial charge on any atom is -0.444 e. The highest BCUT2D eigenvalue weighted by molar-refractivity contribution is 5.68. The average Bonchev–Trinajstić information content (AvgIpc) is 2.61. The van der Waals surface area contributed by atoms with Gasteiger partial charge in [-0.05, 0) is 34.1 Å². The van der Waals surface area contributed by atoms with E-state index >= 15 is 0 Å². The Kier molecular flexibility index (Phi) is 4.38. The quantitative estimate of drug-likeness (QED) is 0.816. The first-order valence-corrected chi connectivity index (χ1v) is 6.05. The lowest BCUT2D eigenvalue weighted by Crippen LogP contribution is -2.42. The van der Waals surface area contributed by atoms with E-state index in [2.05, 4.69) is 0 Å². The highest BCUT2D eigenvalue weighted by atomic mass is 16.6. The first kappa shape index (κ1) is 14.3. The summed E-state index contributed by atoms with van der Waals surface area (Å²) in [6, 6.07) is 0. The van der Waals surface area contributed by atoms with E-state index in [1.807, 2.05) is 27.7 Å². The van der Waals surface area contributed by atoms with Crippen LogP contribution >= 0.6 is 0 Å². The fourth-order valence-corrected chi connectivity index (χ4v) is 1.93. The van der Waals surface area contributed by atoms with Gasteiger partial charge in [0.25, 0.3) is 0 Å². The molecule has 1 fully saturated rings. The van der Waals surface area contributed by atoms with E-state index in [9.17, 15) is 9.90 Å². The molecule has 0 radical (unpaired) electrons. The maximum Gasteiger partial charge on any atom is 0.410 e. The van der Waals surface area contributed by atoms with Crippen LogP contribution in [0.15, 0.2) is 0 Å². The van der Waals surface area contributed by atoms with E-state index in [-0.39, 0.29) is 12.7 Å². The Hall–Kier alpha value is -0.810. The largest absolute Gasteiger partial charge is 0.444 e. The number of aliphatic hydroxyl groups is 1. The molecule has 1 heterocycles. The Labute approximate surface area is 103 Å². The molecular weight excluding hydrogens is 222 g/mol. The number of hydrogen-bond acceptors (Lipinski definition) is 4. The summed E-state index contributed by atoms with van der Waals surface area (Å²) in [6.45, 7) is 8.81. The molecule has 1 atom stereocenters. The van der Waals surface area contributed by atoms with Gasteiger partial charge in [0.15, 0.2) is 0 Å². The van der Waals surface area contributed by atoms with Crippen molar-refractivity contribution in [2.24, 2.45) is 0 Å². The van der Waals surface area contributed by atoms with Gasteiger partial charge in [-0.25, -0.2) is 4.79 Å². The second-order valence-electron chi connectivity index (χ2n) is 5.43. The summed E-state index contributed by atoms with van der Waals surface area (Å²) in [5, 5.41) is 9.38. The number of carbonyl (C=O) groups excluding carboxylic acids is 1. The van der Waals surface area contributed by atoms with Crippen molar-refractivity contribution in [1.82, 2.24) is 4.90 Å². The molecule has 5 heteroatoms. The fraction of sp³-hybridized carbons (Fsp3) is 0.917. The predicted molar refractivity (Wildman–Crippen MR) is 63.9 cm³/mol. The monoisotopic (exact) mass is 245 g/mol. The minimum absolute atomic E-state index is 0.0693. The van der Waals surface area contributed by atoms with Crippen LogP contribution in [0.3, 0.4) is 0 Å². The molecule has 1 rings (SSSR count). The standard InChI is InChI=1S/C12H23NO4/c1-5-16-12(9-14)6-7-13(8-12)10(15)17-11(2,3)4/h14H,5-9H2,1-4H3. The molecule has 0 spiro atoms. The van der Waals surface area contributed by atoms with Gasteiger partial charge in [0.05, 0.1) is 13.2 Å². The molecule has 100 valence electrons. The zero-order valence-electron chi connectivity index (χ0n) is 11.2. The van der Waals surface area contributed by atoms with Gasteiger partial charge in [0.2, 0.25) is 0 Å². The number of hydrogen-bond donors (Lipinski definition) is 1. The number of nitrogens with zero attached hydrogens (tertiary/aromatic N) is 1. The van der Waals surface area contributed by atoms with Crippen molar-refractivity contribution >= 4 is 6.09 Å². The average molecular weight is 245 g/mol. The Morgan fingerprint density at radius 3 is 2.59 bits per heavy atom. The van der Waals surface area contributed by atoms with E-state index in [4.69, 9.17) is 9.47 Å². The number of amides is 1. The van der Waals surface area contributed by atoms with Crippen molar-refractivity contribution < 1.29 is 19.4 Å². The van der Waals surface area contributed by atoms with Gasteiger partial charge in [-0.1, -0.05) is 0 Å². The second-order valence-corrected chi connectivity index (χ2v) is 5.43. The van der Waals surface area contributed by atoms with Gasteiger partial charge in [-0.15, -0.1) is 0 Å². The lowest BCUT2D eigenvalue weighted by molar-refractivity contribution is -0.0670. The third-order valence-corrected chi connectivity index (χ3v) is 2.71. The number of likely N-dealkylation sites (tertiary alicyclic amines) is 1. The Morgan fingerprint density at radius 2 is 2.12 bits per heavy atom. The molecule has 0 bridgehead atoms. The van der Waals surface area contributed by atoms with E-state index < -0.39 is 11.2 Å². The zero-order chi connectivity index (χ0) is 13.1. The molecule has 1 aliphatic rings. The first-order valence-electron chi connectivity index (χ1n) is 6.05. The molecule has 0 aromatic rings. The lowest BCUT2D eigenvalue weighted by atomic mass is 10.1. The summed E-state index contributed by atoms with van der Waals surface area (Å²) in [6.07, 6.45) is 0.309. The molecule has 0 saturated carbocycles. The van der Waals surface area contributed by atoms with Gasteiger partial charge < -0.3 is 19.5 Å². The van der Waals surface area contributed by atoms with Crippen molar-refractivity contribution in [2.75, 3.05) is 26.3 Å². The molecule has 1 aliphatic heterocycles. The van der Waals surface area contributed by atoms with Crippen LogP contribution in [0.4, 0.5) is 4.79 Å². The zero-order valence-corrected chi connectivity index (χ0v) is 11.2. The van der Waals surface area contributed by atoms with E-state index in [1.165, 1.54) is 0 Å². The van der Waals surface area contributed by atoms with E-state index in [0.29, 0.717) is 26.1 Å². The van der Waals surface area contributed by atoms with Crippen molar-refractivity contribution in [3.63, 3.8) is 0 Å². The number of ether oxygens (including phenoxy) is 2. The second kappa shape index (κ2) is 5.23. The predicted octanol–water partition coefficient (Wildman–Crippen LogP) is 1.39. The van der Waals surface area contributed by atoms with Crippen LogP contribution in [-0.2, 0) is 9.47 Å². The van der Waals surface area contributed by atoms with Crippen molar-refractivity contribution in [2.45, 2.75) is 45.3 Å². The Bertz CT molecular complexity index is 274. The molecule has 0 aliphatic carbocycles. The number of carbonyl (C=O) groups is 1. The number of aliphatic hydroxyl groups excluding tert-OH is 1. The molecular formula is C12H23NO4. The van der Waals surface area contributed by atoms with Crippen LogP contribution in [0.5, 0.6) is 0 Å². The van der Waals surface area contributed by atoms with Gasteiger partial charge in [0, 0.05) is 13.2 Å². The van der Waals surface area contributed by atoms with E-state index in [1.54, 1.807) is 4.90 Å². The summed E-state index contributed by atoms with van der Waals surface area (Å²) in [7, 11) is 0. The summed E-state index contributed by atoms with van der Waals surface area (Å²) in [5.74, 6) is 0. The molecule has 1 unspecified atom stereocenters. The fourth-order valence-electron chi connectivity index (χ4n) is 1.93. The topological polar surface area (TPSA) is 59.0 Å². The van der Waals surface area contributed by atoms with Gasteiger partial charge in [0.1, 0.15) is 11.2 Å². The molecule has 0 aromatic carbocycles. The lowest BCUT2D eigenvalue weighted by Gasteiger charge is -2.28.